The third-order valence-corrected chi connectivity index (χ3v) is 6.50. The molecule has 8 heteroatoms. The van der Waals surface area contributed by atoms with Crippen molar-refractivity contribution in [3.05, 3.63) is 76.5 Å². The largest absolute Gasteiger partial charge is 0.478 e. The van der Waals surface area contributed by atoms with Crippen molar-refractivity contribution >= 4 is 23.4 Å². The summed E-state index contributed by atoms with van der Waals surface area (Å²) in [6, 6.07) is 12.3. The van der Waals surface area contributed by atoms with Crippen LogP contribution in [0.5, 0.6) is 0 Å². The van der Waals surface area contributed by atoms with Crippen LogP contribution in [0.4, 0.5) is 11.5 Å². The van der Waals surface area contributed by atoms with Gasteiger partial charge in [-0.05, 0) is 79.6 Å². The van der Waals surface area contributed by atoms with Gasteiger partial charge in [-0.1, -0.05) is 18.2 Å². The van der Waals surface area contributed by atoms with Crippen LogP contribution in [-0.2, 0) is 11.3 Å². The van der Waals surface area contributed by atoms with E-state index in [0.717, 1.165) is 24.8 Å². The smallest absolute Gasteiger partial charge is 0.335 e. The number of nitrogens with zero attached hydrogens (tertiary/aromatic N) is 1. The Bertz CT molecular complexity index is 1270. The number of rotatable bonds is 7. The quantitative estimate of drug-likeness (QED) is 0.378. The van der Waals surface area contributed by atoms with Crippen LogP contribution >= 0.6 is 0 Å². The number of carbonyl (C=O) groups is 2. The zero-order chi connectivity index (χ0) is 25.1. The molecule has 1 aliphatic rings. The number of nitrogens with one attached hydrogen (secondary N) is 1. The van der Waals surface area contributed by atoms with Gasteiger partial charge in [0.15, 0.2) is 0 Å². The van der Waals surface area contributed by atoms with Crippen LogP contribution in [0.3, 0.4) is 0 Å². The molecule has 35 heavy (non-hydrogen) atoms. The van der Waals surface area contributed by atoms with Gasteiger partial charge >= 0.3 is 5.97 Å². The van der Waals surface area contributed by atoms with Crippen LogP contribution in [-0.4, -0.2) is 34.1 Å². The third kappa shape index (κ3) is 5.60. The van der Waals surface area contributed by atoms with E-state index in [4.69, 9.17) is 16.2 Å². The zero-order valence-electron chi connectivity index (χ0n) is 19.9. The fourth-order valence-corrected chi connectivity index (χ4v) is 4.39. The van der Waals surface area contributed by atoms with Crippen molar-refractivity contribution in [1.29, 1.82) is 0 Å². The summed E-state index contributed by atoms with van der Waals surface area (Å²) in [4.78, 5) is 28.7. The van der Waals surface area contributed by atoms with Gasteiger partial charge in [-0.25, -0.2) is 9.78 Å². The number of hydrogen-bond donors (Lipinski definition) is 4. The summed E-state index contributed by atoms with van der Waals surface area (Å²) in [5.41, 5.74) is 17.1. The molecule has 8 nitrogen and oxygen atoms in total. The van der Waals surface area contributed by atoms with Crippen molar-refractivity contribution in [2.75, 3.05) is 11.5 Å². The van der Waals surface area contributed by atoms with E-state index in [9.17, 15) is 14.7 Å². The molecule has 6 N–H and O–H groups in total. The van der Waals surface area contributed by atoms with Gasteiger partial charge in [-0.3, -0.25) is 4.79 Å². The minimum atomic E-state index is -1.09. The summed E-state index contributed by atoms with van der Waals surface area (Å²) in [5, 5.41) is 12.4. The molecule has 0 aliphatic heterocycles. The molecule has 1 saturated carbocycles. The topological polar surface area (TPSA) is 141 Å². The monoisotopic (exact) mass is 474 g/mol. The van der Waals surface area contributed by atoms with E-state index in [0.29, 0.717) is 23.4 Å². The van der Waals surface area contributed by atoms with Gasteiger partial charge in [0.1, 0.15) is 5.82 Å². The van der Waals surface area contributed by atoms with E-state index < -0.39 is 5.97 Å². The minimum absolute atomic E-state index is 0.0533. The lowest BCUT2D eigenvalue weighted by molar-refractivity contribution is 0.0272. The highest BCUT2D eigenvalue weighted by atomic mass is 16.5. The van der Waals surface area contributed by atoms with Crippen LogP contribution in [0.1, 0.15) is 56.7 Å². The molecule has 2 atom stereocenters. The first-order valence-corrected chi connectivity index (χ1v) is 11.6. The molecule has 182 valence electrons. The molecular formula is C27H30N4O4. The summed E-state index contributed by atoms with van der Waals surface area (Å²) < 4.78 is 6.17. The number of pyridine rings is 1. The van der Waals surface area contributed by atoms with Crippen molar-refractivity contribution in [1.82, 2.24) is 10.3 Å². The van der Waals surface area contributed by atoms with Gasteiger partial charge in [0.25, 0.3) is 5.91 Å². The number of carboxylic acids is 1. The number of anilines is 2. The number of ether oxygens (including phenoxy) is 1. The van der Waals surface area contributed by atoms with Crippen LogP contribution in [0, 0.1) is 13.8 Å². The van der Waals surface area contributed by atoms with Crippen LogP contribution in [0.25, 0.3) is 11.1 Å². The van der Waals surface area contributed by atoms with E-state index in [1.54, 1.807) is 12.1 Å². The Kier molecular flexibility index (Phi) is 7.02. The Morgan fingerprint density at radius 1 is 1.06 bits per heavy atom. The van der Waals surface area contributed by atoms with Gasteiger partial charge in [-0.15, -0.1) is 0 Å². The molecule has 0 unspecified atom stereocenters. The second-order valence-corrected chi connectivity index (χ2v) is 9.08. The zero-order valence-corrected chi connectivity index (χ0v) is 19.9. The maximum absolute atomic E-state index is 13.1. The van der Waals surface area contributed by atoms with Crippen LogP contribution < -0.4 is 16.8 Å². The summed E-state index contributed by atoms with van der Waals surface area (Å²) in [6.07, 6.45) is 4.04. The highest BCUT2D eigenvalue weighted by Gasteiger charge is 2.30. The molecule has 1 heterocycles. The van der Waals surface area contributed by atoms with Crippen molar-refractivity contribution < 1.29 is 19.4 Å². The molecular weight excluding hydrogens is 444 g/mol. The lowest BCUT2D eigenvalue weighted by Gasteiger charge is -2.22. The van der Waals surface area contributed by atoms with E-state index in [2.05, 4.69) is 42.3 Å². The number of nitrogens with two attached hydrogens (primary N) is 2. The average Bonchev–Trinajstić information content (AvgIpc) is 3.26. The normalized spacial score (nSPS) is 17.3. The second kappa shape index (κ2) is 10.1. The number of aromatic nitrogens is 1. The number of aryl methyl sites for hydroxylation is 2. The van der Waals surface area contributed by atoms with Crippen molar-refractivity contribution in [3.8, 4) is 11.1 Å². The Morgan fingerprint density at radius 2 is 1.86 bits per heavy atom. The molecule has 1 fully saturated rings. The molecule has 0 spiro atoms. The Morgan fingerprint density at radius 3 is 2.60 bits per heavy atom. The summed E-state index contributed by atoms with van der Waals surface area (Å²) >= 11 is 0. The highest BCUT2D eigenvalue weighted by molar-refractivity contribution is 6.00. The number of aromatic carboxylic acids is 1. The Hall–Kier alpha value is -3.91. The molecule has 0 radical (unpaired) electrons. The summed E-state index contributed by atoms with van der Waals surface area (Å²) in [6.45, 7) is 4.64. The van der Waals surface area contributed by atoms with Crippen LogP contribution in [0.15, 0.2) is 48.7 Å². The number of carbonyl (C=O) groups excluding carboxylic acids is 1. The Labute approximate surface area is 204 Å². The molecule has 2 aromatic carbocycles. The number of amides is 1. The second-order valence-electron chi connectivity index (χ2n) is 9.08. The predicted octanol–water partition coefficient (Wildman–Crippen LogP) is 4.10. The fraction of sp³-hybridized carbons (Fsp3) is 0.296. The number of nitrogen functional groups attached to an aromatic ring is 2. The molecule has 1 aromatic heterocycles. The SMILES string of the molecule is Cc1ccc(CO[C@H]2CCC[C@@H]2NC(=O)c2cc(-c3cc(N)cc(C(=O)O)c3)cnc2N)cc1C. The highest BCUT2D eigenvalue weighted by Crippen LogP contribution is 2.27. The molecule has 0 bridgehead atoms. The van der Waals surface area contributed by atoms with Gasteiger partial charge in [0, 0.05) is 17.4 Å². The van der Waals surface area contributed by atoms with E-state index in [1.165, 1.54) is 29.5 Å². The Balaban J connectivity index is 1.48. The molecule has 4 rings (SSSR count). The van der Waals surface area contributed by atoms with Gasteiger partial charge in [-0.2, -0.15) is 0 Å². The third-order valence-electron chi connectivity index (χ3n) is 6.50. The first-order valence-electron chi connectivity index (χ1n) is 11.6. The standard InChI is InChI=1S/C27H30N4O4/c1-15-6-7-17(8-16(15)2)14-35-24-5-3-4-23(24)31-26(32)22-12-20(13-30-25(22)29)18-9-19(27(33)34)11-21(28)10-18/h6-13,23-24H,3-5,14,28H2,1-2H3,(H2,29,30)(H,31,32)(H,33,34)/t23-,24-/m0/s1. The summed E-state index contributed by atoms with van der Waals surface area (Å²) in [5.74, 6) is -1.34. The maximum atomic E-state index is 13.1. The minimum Gasteiger partial charge on any atom is -0.478 e. The van der Waals surface area contributed by atoms with Crippen molar-refractivity contribution in [2.24, 2.45) is 0 Å². The van der Waals surface area contributed by atoms with Gasteiger partial charge in [0.05, 0.1) is 29.9 Å². The molecule has 0 saturated heterocycles. The van der Waals surface area contributed by atoms with Gasteiger partial charge < -0.3 is 26.6 Å². The van der Waals surface area contributed by atoms with Crippen molar-refractivity contribution in [3.63, 3.8) is 0 Å². The van der Waals surface area contributed by atoms with E-state index in [1.807, 2.05) is 0 Å². The van der Waals surface area contributed by atoms with Crippen LogP contribution in [0.2, 0.25) is 0 Å². The lowest BCUT2D eigenvalue weighted by Crippen LogP contribution is -2.41. The number of hydrogen-bond acceptors (Lipinski definition) is 6. The lowest BCUT2D eigenvalue weighted by atomic mass is 10.0. The van der Waals surface area contributed by atoms with Crippen molar-refractivity contribution in [2.45, 2.75) is 51.9 Å². The average molecular weight is 475 g/mol. The number of benzene rings is 2. The predicted molar refractivity (Wildman–Crippen MR) is 135 cm³/mol. The summed E-state index contributed by atoms with van der Waals surface area (Å²) in [7, 11) is 0. The molecule has 3 aromatic rings. The van der Waals surface area contributed by atoms with E-state index >= 15 is 0 Å². The fourth-order valence-electron chi connectivity index (χ4n) is 4.39. The molecule has 1 amide bonds. The molecule has 1 aliphatic carbocycles. The number of carboxylic acid groups (broad SMARTS) is 1. The first-order chi connectivity index (χ1) is 16.7. The van der Waals surface area contributed by atoms with Gasteiger partial charge in [0.2, 0.25) is 0 Å². The maximum Gasteiger partial charge on any atom is 0.335 e. The van der Waals surface area contributed by atoms with E-state index in [-0.39, 0.29) is 35.0 Å². The first kappa shape index (κ1) is 24.2.